The van der Waals surface area contributed by atoms with E-state index >= 15 is 0 Å². The van der Waals surface area contributed by atoms with Crippen LogP contribution in [0.5, 0.6) is 11.5 Å². The zero-order valence-electron chi connectivity index (χ0n) is 8.77. The van der Waals surface area contributed by atoms with Gasteiger partial charge in [0.1, 0.15) is 6.10 Å². The van der Waals surface area contributed by atoms with Gasteiger partial charge in [-0.3, -0.25) is 4.79 Å². The first-order chi connectivity index (χ1) is 7.75. The molecule has 82 valence electrons. The lowest BCUT2D eigenvalue weighted by molar-refractivity contribution is -0.117. The molecule has 0 saturated heterocycles. The molecule has 1 heterocycles. The fourth-order valence-corrected chi connectivity index (χ4v) is 2.32. The molecule has 1 aromatic rings. The third-order valence-electron chi connectivity index (χ3n) is 3.13. The molecule has 3 nitrogen and oxygen atoms in total. The van der Waals surface area contributed by atoms with Crippen molar-refractivity contribution in [3.63, 3.8) is 0 Å². The summed E-state index contributed by atoms with van der Waals surface area (Å²) in [6.45, 7) is 0. The number of ether oxygens (including phenoxy) is 1. The van der Waals surface area contributed by atoms with Crippen molar-refractivity contribution in [1.82, 2.24) is 0 Å². The van der Waals surface area contributed by atoms with Crippen LogP contribution in [0.1, 0.15) is 24.8 Å². The first-order valence-electron chi connectivity index (χ1n) is 5.49. The molecule has 1 aromatic carbocycles. The molecule has 1 aliphatic heterocycles. The predicted octanol–water partition coefficient (Wildman–Crippen LogP) is 2.29. The summed E-state index contributed by atoms with van der Waals surface area (Å²) >= 11 is 0. The van der Waals surface area contributed by atoms with Gasteiger partial charge >= 0.3 is 0 Å². The summed E-state index contributed by atoms with van der Waals surface area (Å²) in [7, 11) is 0. The zero-order chi connectivity index (χ0) is 11.1. The standard InChI is InChI=1S/C13H12O3/c14-10-4-2-6-12-9(10)7-8-3-1-5-11(15)13(8)16-12/h1,3,5,7,12,15H,2,4,6H2. The van der Waals surface area contributed by atoms with Crippen LogP contribution in [0, 0.1) is 0 Å². The maximum Gasteiger partial charge on any atom is 0.169 e. The van der Waals surface area contributed by atoms with Crippen LogP contribution >= 0.6 is 0 Å². The number of carbonyl (C=O) groups excluding carboxylic acids is 1. The van der Waals surface area contributed by atoms with E-state index in [2.05, 4.69) is 0 Å². The summed E-state index contributed by atoms with van der Waals surface area (Å²) in [6.07, 6.45) is 4.02. The number of Topliss-reactive ketones (excluding diaryl/α,β-unsaturated/α-hetero) is 1. The van der Waals surface area contributed by atoms with Gasteiger partial charge in [-0.2, -0.15) is 0 Å². The topological polar surface area (TPSA) is 46.5 Å². The molecule has 2 aliphatic rings. The highest BCUT2D eigenvalue weighted by atomic mass is 16.5. The van der Waals surface area contributed by atoms with Crippen molar-refractivity contribution in [2.24, 2.45) is 0 Å². The molecule has 0 bridgehead atoms. The highest BCUT2D eigenvalue weighted by molar-refractivity contribution is 6.02. The first kappa shape index (κ1) is 9.46. The van der Waals surface area contributed by atoms with Gasteiger partial charge in [-0.05, 0) is 25.0 Å². The highest BCUT2D eigenvalue weighted by Crippen LogP contribution is 2.39. The van der Waals surface area contributed by atoms with Crippen molar-refractivity contribution < 1.29 is 14.6 Å². The third kappa shape index (κ3) is 1.32. The van der Waals surface area contributed by atoms with Crippen molar-refractivity contribution in [2.45, 2.75) is 25.4 Å². The van der Waals surface area contributed by atoms with E-state index in [-0.39, 0.29) is 17.6 Å². The number of aromatic hydroxyl groups is 1. The minimum atomic E-state index is -0.165. The smallest absolute Gasteiger partial charge is 0.169 e. The molecule has 0 aromatic heterocycles. The Morgan fingerprint density at radius 3 is 3.12 bits per heavy atom. The van der Waals surface area contributed by atoms with Crippen LogP contribution < -0.4 is 4.74 Å². The number of hydrogen-bond donors (Lipinski definition) is 1. The minimum Gasteiger partial charge on any atom is -0.504 e. The Morgan fingerprint density at radius 2 is 2.25 bits per heavy atom. The fourth-order valence-electron chi connectivity index (χ4n) is 2.32. The van der Waals surface area contributed by atoms with Gasteiger partial charge in [-0.25, -0.2) is 0 Å². The number of benzene rings is 1. The maximum absolute atomic E-state index is 11.7. The molecule has 1 unspecified atom stereocenters. The predicted molar refractivity (Wildman–Crippen MR) is 59.4 cm³/mol. The number of para-hydroxylation sites is 1. The van der Waals surface area contributed by atoms with Gasteiger partial charge in [-0.1, -0.05) is 12.1 Å². The SMILES string of the molecule is O=C1CCCC2Oc3c(O)cccc3C=C12. The number of fused-ring (bicyclic) bond motifs is 2. The summed E-state index contributed by atoms with van der Waals surface area (Å²) in [5, 5.41) is 9.67. The molecule has 0 spiro atoms. The van der Waals surface area contributed by atoms with E-state index in [9.17, 15) is 9.90 Å². The van der Waals surface area contributed by atoms with Crippen molar-refractivity contribution in [2.75, 3.05) is 0 Å². The third-order valence-corrected chi connectivity index (χ3v) is 3.13. The van der Waals surface area contributed by atoms with Crippen LogP contribution in [0.4, 0.5) is 0 Å². The minimum absolute atomic E-state index is 0.144. The summed E-state index contributed by atoms with van der Waals surface area (Å²) in [5.74, 6) is 0.821. The van der Waals surface area contributed by atoms with E-state index in [0.29, 0.717) is 12.2 Å². The molecule has 3 heteroatoms. The lowest BCUT2D eigenvalue weighted by Gasteiger charge is -2.29. The van der Waals surface area contributed by atoms with Crippen molar-refractivity contribution in [1.29, 1.82) is 0 Å². The normalized spacial score (nSPS) is 22.9. The molecular formula is C13H12O3. The number of carbonyl (C=O) groups is 1. The summed E-state index contributed by atoms with van der Waals surface area (Å²) in [4.78, 5) is 11.7. The lowest BCUT2D eigenvalue weighted by Crippen LogP contribution is -2.31. The summed E-state index contributed by atoms with van der Waals surface area (Å²) in [6, 6.07) is 5.20. The van der Waals surface area contributed by atoms with Gasteiger partial charge in [0.15, 0.2) is 17.3 Å². The second kappa shape index (κ2) is 3.37. The molecule has 0 radical (unpaired) electrons. The van der Waals surface area contributed by atoms with Gasteiger partial charge in [0.05, 0.1) is 0 Å². The molecule has 0 amide bonds. The van der Waals surface area contributed by atoms with Crippen LogP contribution in [-0.4, -0.2) is 17.0 Å². The van der Waals surface area contributed by atoms with E-state index < -0.39 is 0 Å². The molecular weight excluding hydrogens is 204 g/mol. The Balaban J connectivity index is 2.12. The van der Waals surface area contributed by atoms with E-state index in [4.69, 9.17) is 4.74 Å². The number of rotatable bonds is 0. The van der Waals surface area contributed by atoms with Gasteiger partial charge in [-0.15, -0.1) is 0 Å². The fraction of sp³-hybridized carbons (Fsp3) is 0.308. The van der Waals surface area contributed by atoms with Crippen LogP contribution in [0.2, 0.25) is 0 Å². The van der Waals surface area contributed by atoms with Gasteiger partial charge < -0.3 is 9.84 Å². The van der Waals surface area contributed by atoms with E-state index in [1.807, 2.05) is 12.1 Å². The van der Waals surface area contributed by atoms with E-state index in [1.165, 1.54) is 0 Å². The van der Waals surface area contributed by atoms with E-state index in [0.717, 1.165) is 24.0 Å². The second-order valence-corrected chi connectivity index (χ2v) is 4.22. The first-order valence-corrected chi connectivity index (χ1v) is 5.49. The quantitative estimate of drug-likeness (QED) is 0.723. The summed E-state index contributed by atoms with van der Waals surface area (Å²) in [5.41, 5.74) is 1.55. The molecule has 3 rings (SSSR count). The number of hydrogen-bond acceptors (Lipinski definition) is 3. The summed E-state index contributed by atoms with van der Waals surface area (Å²) < 4.78 is 5.70. The molecule has 1 atom stereocenters. The van der Waals surface area contributed by atoms with Crippen LogP contribution in [-0.2, 0) is 4.79 Å². The lowest BCUT2D eigenvalue weighted by atomic mass is 9.87. The highest BCUT2D eigenvalue weighted by Gasteiger charge is 2.31. The van der Waals surface area contributed by atoms with Crippen molar-refractivity contribution >= 4 is 11.9 Å². The zero-order valence-corrected chi connectivity index (χ0v) is 8.77. The van der Waals surface area contributed by atoms with Gasteiger partial charge in [0.2, 0.25) is 0 Å². The Morgan fingerprint density at radius 1 is 1.38 bits per heavy atom. The number of ketones is 1. The monoisotopic (exact) mass is 216 g/mol. The average molecular weight is 216 g/mol. The van der Waals surface area contributed by atoms with Gasteiger partial charge in [0.25, 0.3) is 0 Å². The largest absolute Gasteiger partial charge is 0.504 e. The van der Waals surface area contributed by atoms with Crippen molar-refractivity contribution in [3.05, 3.63) is 29.3 Å². The second-order valence-electron chi connectivity index (χ2n) is 4.22. The molecule has 16 heavy (non-hydrogen) atoms. The maximum atomic E-state index is 11.7. The Labute approximate surface area is 93.4 Å². The number of phenols is 1. The van der Waals surface area contributed by atoms with Crippen molar-refractivity contribution in [3.8, 4) is 11.5 Å². The Kier molecular flexibility index (Phi) is 1.99. The Hall–Kier alpha value is -1.77. The number of phenolic OH excluding ortho intramolecular Hbond substituents is 1. The molecule has 1 saturated carbocycles. The average Bonchev–Trinajstić information content (AvgIpc) is 2.29. The Bertz CT molecular complexity index is 488. The molecule has 1 aliphatic carbocycles. The van der Waals surface area contributed by atoms with Crippen LogP contribution in [0.25, 0.3) is 6.08 Å². The molecule has 1 N–H and O–H groups in total. The molecule has 1 fully saturated rings. The van der Waals surface area contributed by atoms with E-state index in [1.54, 1.807) is 12.1 Å². The van der Waals surface area contributed by atoms with Crippen LogP contribution in [0.15, 0.2) is 23.8 Å². The van der Waals surface area contributed by atoms with Gasteiger partial charge in [0, 0.05) is 17.6 Å². The van der Waals surface area contributed by atoms with Crippen LogP contribution in [0.3, 0.4) is 0 Å².